The number of hydrogen-bond acceptors (Lipinski definition) is 5. The van der Waals surface area contributed by atoms with Crippen LogP contribution >= 0.6 is 11.6 Å². The summed E-state index contributed by atoms with van der Waals surface area (Å²) in [5.74, 6) is -1.14. The smallest absolute Gasteiger partial charge is 0.343 e. The maximum atomic E-state index is 13.0. The number of carbonyl (C=O) groups excluding carboxylic acids is 3. The second-order valence-electron chi connectivity index (χ2n) is 8.82. The maximum Gasteiger partial charge on any atom is 0.343 e. The predicted octanol–water partition coefficient (Wildman–Crippen LogP) is 6.30. The van der Waals surface area contributed by atoms with Crippen molar-refractivity contribution in [2.24, 2.45) is 0 Å². The van der Waals surface area contributed by atoms with Gasteiger partial charge in [0, 0.05) is 5.69 Å². The van der Waals surface area contributed by atoms with Crippen LogP contribution in [0.15, 0.2) is 77.5 Å². The van der Waals surface area contributed by atoms with Crippen LogP contribution in [0.3, 0.4) is 0 Å². The summed E-state index contributed by atoms with van der Waals surface area (Å²) in [7, 11) is 0. The average Bonchev–Trinajstić information content (AvgIpc) is 3.06. The Labute approximate surface area is 215 Å². The van der Waals surface area contributed by atoms with E-state index in [4.69, 9.17) is 16.3 Å². The molecule has 0 saturated carbocycles. The minimum atomic E-state index is -0.584. The molecule has 0 atom stereocenters. The lowest BCUT2D eigenvalue weighted by Gasteiger charge is -2.15. The largest absolute Gasteiger partial charge is 0.423 e. The van der Waals surface area contributed by atoms with E-state index in [1.54, 1.807) is 48.5 Å². The Balaban J connectivity index is 1.44. The molecule has 1 aliphatic heterocycles. The number of imide groups is 1. The van der Waals surface area contributed by atoms with Gasteiger partial charge in [-0.1, -0.05) is 43.1 Å². The third-order valence-corrected chi connectivity index (χ3v) is 6.19. The van der Waals surface area contributed by atoms with Crippen molar-refractivity contribution in [3.63, 3.8) is 0 Å². The van der Waals surface area contributed by atoms with Crippen molar-refractivity contribution in [2.45, 2.75) is 40.0 Å². The number of nitrogens with one attached hydrogen (secondary N) is 1. The first-order valence-electron chi connectivity index (χ1n) is 11.8. The molecule has 7 heteroatoms. The van der Waals surface area contributed by atoms with Crippen molar-refractivity contribution in [1.82, 2.24) is 0 Å². The van der Waals surface area contributed by atoms with Crippen LogP contribution in [-0.2, 0) is 16.0 Å². The lowest BCUT2D eigenvalue weighted by Crippen LogP contribution is -2.32. The predicted molar refractivity (Wildman–Crippen MR) is 141 cm³/mol. The van der Waals surface area contributed by atoms with E-state index in [-0.39, 0.29) is 10.7 Å². The Kier molecular flexibility index (Phi) is 7.55. The molecule has 6 nitrogen and oxygen atoms in total. The number of benzene rings is 3. The van der Waals surface area contributed by atoms with Crippen LogP contribution < -0.4 is 15.0 Å². The van der Waals surface area contributed by atoms with Gasteiger partial charge in [0.2, 0.25) is 0 Å². The molecule has 1 heterocycles. The van der Waals surface area contributed by atoms with Crippen LogP contribution in [-0.4, -0.2) is 17.8 Å². The second kappa shape index (κ2) is 10.8. The topological polar surface area (TPSA) is 75.7 Å². The fourth-order valence-electron chi connectivity index (χ4n) is 4.03. The van der Waals surface area contributed by atoms with Crippen LogP contribution in [0.5, 0.6) is 5.75 Å². The number of aryl methyl sites for hydroxylation is 3. The summed E-state index contributed by atoms with van der Waals surface area (Å²) in [6.07, 6.45) is 3.11. The SMILES string of the molecule is CCCCc1ccc(N2C(=O)C(Cl)=C(Nc3ccc(C(=O)Oc4cc(C)cc(C)c4)cc3)C2=O)cc1. The van der Waals surface area contributed by atoms with E-state index in [0.717, 1.165) is 40.9 Å². The van der Waals surface area contributed by atoms with Crippen LogP contribution in [0.2, 0.25) is 0 Å². The molecule has 2 amide bonds. The van der Waals surface area contributed by atoms with Gasteiger partial charge in [-0.05, 0) is 91.9 Å². The molecule has 0 spiro atoms. The first kappa shape index (κ1) is 25.2. The zero-order valence-electron chi connectivity index (χ0n) is 20.4. The highest BCUT2D eigenvalue weighted by atomic mass is 35.5. The number of unbranched alkanes of at least 4 members (excludes halogenated alkanes) is 1. The van der Waals surface area contributed by atoms with E-state index < -0.39 is 17.8 Å². The highest BCUT2D eigenvalue weighted by Crippen LogP contribution is 2.30. The van der Waals surface area contributed by atoms with Crippen molar-refractivity contribution in [3.05, 3.63) is 99.7 Å². The summed E-state index contributed by atoms with van der Waals surface area (Å²) >= 11 is 6.25. The van der Waals surface area contributed by atoms with E-state index in [0.29, 0.717) is 22.7 Å². The molecule has 0 unspecified atom stereocenters. The summed E-state index contributed by atoms with van der Waals surface area (Å²) in [5, 5.41) is 2.74. The molecule has 1 N–H and O–H groups in total. The number of amides is 2. The molecule has 3 aromatic rings. The van der Waals surface area contributed by atoms with Crippen LogP contribution in [0.1, 0.15) is 46.8 Å². The quantitative estimate of drug-likeness (QED) is 0.222. The number of anilines is 2. The van der Waals surface area contributed by atoms with E-state index in [1.807, 2.05) is 32.0 Å². The van der Waals surface area contributed by atoms with Gasteiger partial charge in [0.1, 0.15) is 16.5 Å². The van der Waals surface area contributed by atoms with E-state index >= 15 is 0 Å². The van der Waals surface area contributed by atoms with Gasteiger partial charge in [0.05, 0.1) is 11.3 Å². The summed E-state index contributed by atoms with van der Waals surface area (Å²) in [5.41, 5.74) is 4.45. The summed E-state index contributed by atoms with van der Waals surface area (Å²) in [6, 6.07) is 19.3. The van der Waals surface area contributed by atoms with Crippen LogP contribution in [0.25, 0.3) is 0 Å². The highest BCUT2D eigenvalue weighted by molar-refractivity contribution is 6.53. The van der Waals surface area contributed by atoms with Gasteiger partial charge >= 0.3 is 5.97 Å². The average molecular weight is 503 g/mol. The minimum absolute atomic E-state index is 0.0118. The molecule has 0 aromatic heterocycles. The fraction of sp³-hybridized carbons (Fsp3) is 0.207. The van der Waals surface area contributed by atoms with Crippen molar-refractivity contribution < 1.29 is 19.1 Å². The molecular formula is C29H27ClN2O4. The number of nitrogens with zero attached hydrogens (tertiary/aromatic N) is 1. The first-order chi connectivity index (χ1) is 17.3. The summed E-state index contributed by atoms with van der Waals surface area (Å²) in [6.45, 7) is 6.00. The molecule has 3 aromatic carbocycles. The lowest BCUT2D eigenvalue weighted by molar-refractivity contribution is -0.120. The van der Waals surface area contributed by atoms with Crippen LogP contribution in [0, 0.1) is 13.8 Å². The second-order valence-corrected chi connectivity index (χ2v) is 9.20. The lowest BCUT2D eigenvalue weighted by atomic mass is 10.1. The third kappa shape index (κ3) is 5.50. The molecule has 36 heavy (non-hydrogen) atoms. The monoisotopic (exact) mass is 502 g/mol. The molecule has 4 rings (SSSR count). The molecule has 0 saturated heterocycles. The number of rotatable bonds is 8. The molecule has 1 aliphatic rings. The Morgan fingerprint density at radius 2 is 1.56 bits per heavy atom. The van der Waals surface area contributed by atoms with E-state index in [1.165, 1.54) is 0 Å². The van der Waals surface area contributed by atoms with Gasteiger partial charge in [-0.2, -0.15) is 0 Å². The Morgan fingerprint density at radius 3 is 2.17 bits per heavy atom. The zero-order chi connectivity index (χ0) is 25.8. The maximum absolute atomic E-state index is 13.0. The normalized spacial score (nSPS) is 13.4. The van der Waals surface area contributed by atoms with Crippen molar-refractivity contribution in [3.8, 4) is 5.75 Å². The van der Waals surface area contributed by atoms with Gasteiger partial charge in [0.25, 0.3) is 11.8 Å². The minimum Gasteiger partial charge on any atom is -0.423 e. The number of esters is 1. The number of ether oxygens (including phenoxy) is 1. The summed E-state index contributed by atoms with van der Waals surface area (Å²) < 4.78 is 5.48. The standard InChI is InChI=1S/C29H27ClN2O4/c1-4-5-6-20-7-13-23(14-8-20)32-27(33)25(30)26(28(32)34)31-22-11-9-21(10-12-22)29(35)36-24-16-18(2)15-19(3)17-24/h7-17,31H,4-6H2,1-3H3. The number of hydrogen-bond donors (Lipinski definition) is 1. The van der Waals surface area contributed by atoms with Gasteiger partial charge < -0.3 is 10.1 Å². The Hall–Kier alpha value is -3.90. The Morgan fingerprint density at radius 1 is 0.917 bits per heavy atom. The van der Waals surface area contributed by atoms with Crippen molar-refractivity contribution in [2.75, 3.05) is 10.2 Å². The molecule has 0 aliphatic carbocycles. The van der Waals surface area contributed by atoms with Gasteiger partial charge in [-0.15, -0.1) is 0 Å². The van der Waals surface area contributed by atoms with Crippen molar-refractivity contribution >= 4 is 40.8 Å². The van der Waals surface area contributed by atoms with Crippen LogP contribution in [0.4, 0.5) is 11.4 Å². The first-order valence-corrected chi connectivity index (χ1v) is 12.2. The fourth-order valence-corrected chi connectivity index (χ4v) is 4.24. The number of halogens is 1. The summed E-state index contributed by atoms with van der Waals surface area (Å²) in [4.78, 5) is 39.4. The zero-order valence-corrected chi connectivity index (χ0v) is 21.2. The van der Waals surface area contributed by atoms with E-state index in [9.17, 15) is 14.4 Å². The molecule has 184 valence electrons. The van der Waals surface area contributed by atoms with Gasteiger partial charge in [-0.25, -0.2) is 9.69 Å². The van der Waals surface area contributed by atoms with Gasteiger partial charge in [0.15, 0.2) is 0 Å². The van der Waals surface area contributed by atoms with Gasteiger partial charge in [-0.3, -0.25) is 9.59 Å². The molecular weight excluding hydrogens is 476 g/mol. The molecule has 0 bridgehead atoms. The molecule has 0 radical (unpaired) electrons. The molecule has 0 fully saturated rings. The van der Waals surface area contributed by atoms with Crippen molar-refractivity contribution in [1.29, 1.82) is 0 Å². The van der Waals surface area contributed by atoms with E-state index in [2.05, 4.69) is 12.2 Å². The highest BCUT2D eigenvalue weighted by Gasteiger charge is 2.38. The Bertz CT molecular complexity index is 1320. The number of carbonyl (C=O) groups is 3. The third-order valence-electron chi connectivity index (χ3n) is 5.84.